The standard InChI is InChI=1S/C10H11NO5.C8H13NO2.C2H7N/c1-2-6-15-7-5-10(14)16-11-8(12)3-4-9(11)13;1-3-6-11-7-5-8(10)9-4-2;1-2-3/h1H,3-7H2;1H,4-7H2,2H3,(H,9,10);2-3H2,1H3. The number of nitrogens with one attached hydrogen (secondary N) is 1. The molecule has 0 unspecified atom stereocenters. The second-order valence-electron chi connectivity index (χ2n) is 5.42. The minimum Gasteiger partial charge on any atom is -0.368 e. The van der Waals surface area contributed by atoms with Gasteiger partial charge < -0.3 is 25.4 Å². The van der Waals surface area contributed by atoms with Crippen LogP contribution in [0.3, 0.4) is 0 Å². The van der Waals surface area contributed by atoms with Crippen LogP contribution in [-0.2, 0) is 33.5 Å². The molecule has 0 radical (unpaired) electrons. The summed E-state index contributed by atoms with van der Waals surface area (Å²) < 4.78 is 9.75. The average molecular weight is 425 g/mol. The molecule has 168 valence electrons. The van der Waals surface area contributed by atoms with Crippen LogP contribution < -0.4 is 11.1 Å². The van der Waals surface area contributed by atoms with Crippen molar-refractivity contribution in [1.29, 1.82) is 0 Å². The number of imide groups is 1. The molecule has 1 heterocycles. The van der Waals surface area contributed by atoms with Gasteiger partial charge in [-0.25, -0.2) is 4.79 Å². The van der Waals surface area contributed by atoms with Crippen LogP contribution in [0.25, 0.3) is 0 Å². The van der Waals surface area contributed by atoms with Gasteiger partial charge in [0.15, 0.2) is 0 Å². The molecule has 1 saturated heterocycles. The van der Waals surface area contributed by atoms with Gasteiger partial charge in [-0.05, 0) is 13.5 Å². The van der Waals surface area contributed by atoms with Gasteiger partial charge in [0.1, 0.15) is 13.2 Å². The molecule has 0 atom stereocenters. The van der Waals surface area contributed by atoms with Crippen LogP contribution in [0.15, 0.2) is 0 Å². The number of ether oxygens (including phenoxy) is 2. The maximum atomic E-state index is 11.2. The van der Waals surface area contributed by atoms with Crippen LogP contribution in [-0.4, -0.2) is 68.3 Å². The Morgan fingerprint density at radius 1 is 1.03 bits per heavy atom. The Labute approximate surface area is 177 Å². The molecule has 1 aliphatic rings. The molecule has 0 bridgehead atoms. The van der Waals surface area contributed by atoms with E-state index in [2.05, 4.69) is 22.0 Å². The summed E-state index contributed by atoms with van der Waals surface area (Å²) in [7, 11) is 0. The summed E-state index contributed by atoms with van der Waals surface area (Å²) in [5.74, 6) is 2.87. The van der Waals surface area contributed by atoms with E-state index < -0.39 is 17.8 Å². The molecule has 3 amide bonds. The van der Waals surface area contributed by atoms with Crippen molar-refractivity contribution < 1.29 is 33.5 Å². The van der Waals surface area contributed by atoms with Crippen molar-refractivity contribution in [2.24, 2.45) is 5.73 Å². The van der Waals surface area contributed by atoms with Crippen LogP contribution in [0.2, 0.25) is 0 Å². The van der Waals surface area contributed by atoms with E-state index >= 15 is 0 Å². The SMILES string of the molecule is C#CCOCCC(=O)NCC.C#CCOCCC(=O)ON1C(=O)CCC1=O.CCN. The number of hydrogen-bond donors (Lipinski definition) is 2. The monoisotopic (exact) mass is 425 g/mol. The minimum absolute atomic E-state index is 0.00419. The fourth-order valence-electron chi connectivity index (χ4n) is 1.67. The first-order valence-electron chi connectivity index (χ1n) is 9.43. The third-order valence-corrected chi connectivity index (χ3v) is 2.87. The predicted octanol–water partition coefficient (Wildman–Crippen LogP) is -0.239. The lowest BCUT2D eigenvalue weighted by atomic mass is 10.4. The molecule has 0 aromatic carbocycles. The van der Waals surface area contributed by atoms with Crippen LogP contribution in [0.5, 0.6) is 0 Å². The molecular formula is C20H31N3O7. The first-order valence-corrected chi connectivity index (χ1v) is 9.43. The van der Waals surface area contributed by atoms with Crippen molar-refractivity contribution in [2.45, 2.75) is 39.5 Å². The molecule has 10 nitrogen and oxygen atoms in total. The Balaban J connectivity index is 0. The number of hydrogen-bond acceptors (Lipinski definition) is 8. The normalized spacial score (nSPS) is 11.8. The summed E-state index contributed by atoms with van der Waals surface area (Å²) in [5, 5.41) is 3.16. The fourth-order valence-corrected chi connectivity index (χ4v) is 1.67. The summed E-state index contributed by atoms with van der Waals surface area (Å²) in [4.78, 5) is 48.6. The van der Waals surface area contributed by atoms with E-state index in [4.69, 9.17) is 28.1 Å². The molecule has 10 heteroatoms. The van der Waals surface area contributed by atoms with Gasteiger partial charge in [0.25, 0.3) is 11.8 Å². The van der Waals surface area contributed by atoms with Crippen molar-refractivity contribution in [3.05, 3.63) is 0 Å². The Kier molecular flexibility index (Phi) is 20.3. The summed E-state index contributed by atoms with van der Waals surface area (Å²) in [5.41, 5.74) is 4.85. The smallest absolute Gasteiger partial charge is 0.335 e. The van der Waals surface area contributed by atoms with Gasteiger partial charge in [-0.3, -0.25) is 14.4 Å². The molecule has 0 saturated carbocycles. The summed E-state index contributed by atoms with van der Waals surface area (Å²) >= 11 is 0. The van der Waals surface area contributed by atoms with E-state index in [0.717, 1.165) is 6.54 Å². The number of terminal acetylenes is 2. The predicted molar refractivity (Wildman–Crippen MR) is 109 cm³/mol. The molecule has 0 spiro atoms. The summed E-state index contributed by atoms with van der Waals surface area (Å²) in [6, 6.07) is 0. The lowest BCUT2D eigenvalue weighted by molar-refractivity contribution is -0.198. The van der Waals surface area contributed by atoms with E-state index in [0.29, 0.717) is 24.6 Å². The van der Waals surface area contributed by atoms with Crippen molar-refractivity contribution >= 4 is 23.7 Å². The van der Waals surface area contributed by atoms with E-state index in [-0.39, 0.29) is 45.0 Å². The van der Waals surface area contributed by atoms with Gasteiger partial charge in [-0.1, -0.05) is 18.8 Å². The van der Waals surface area contributed by atoms with Crippen molar-refractivity contribution in [3.63, 3.8) is 0 Å². The van der Waals surface area contributed by atoms with Crippen LogP contribution in [0, 0.1) is 24.7 Å². The number of nitrogens with two attached hydrogens (primary N) is 1. The number of amides is 3. The Morgan fingerprint density at radius 2 is 1.50 bits per heavy atom. The van der Waals surface area contributed by atoms with Crippen LogP contribution in [0.1, 0.15) is 39.5 Å². The molecule has 30 heavy (non-hydrogen) atoms. The van der Waals surface area contributed by atoms with E-state index in [1.165, 1.54) is 0 Å². The highest BCUT2D eigenvalue weighted by Crippen LogP contribution is 2.12. The zero-order chi connectivity index (χ0) is 23.2. The number of hydroxylamine groups is 2. The highest BCUT2D eigenvalue weighted by atomic mass is 16.7. The number of rotatable bonds is 10. The Hall–Kier alpha value is -2.92. The maximum absolute atomic E-state index is 11.2. The molecule has 1 fully saturated rings. The number of carbonyl (C=O) groups is 4. The van der Waals surface area contributed by atoms with Gasteiger partial charge >= 0.3 is 5.97 Å². The van der Waals surface area contributed by atoms with Gasteiger partial charge in [0, 0.05) is 19.4 Å². The van der Waals surface area contributed by atoms with Gasteiger partial charge in [-0.2, -0.15) is 0 Å². The molecule has 0 aromatic heterocycles. The second kappa shape index (κ2) is 20.8. The Bertz CT molecular complexity index is 593. The molecule has 1 rings (SSSR count). The second-order valence-corrected chi connectivity index (χ2v) is 5.42. The topological polar surface area (TPSA) is 137 Å². The maximum Gasteiger partial charge on any atom is 0.335 e. The van der Waals surface area contributed by atoms with Crippen molar-refractivity contribution in [3.8, 4) is 24.7 Å². The third-order valence-electron chi connectivity index (χ3n) is 2.87. The zero-order valence-electron chi connectivity index (χ0n) is 17.6. The lowest BCUT2D eigenvalue weighted by Crippen LogP contribution is -2.32. The van der Waals surface area contributed by atoms with Gasteiger partial charge in [-0.15, -0.1) is 17.9 Å². The quantitative estimate of drug-likeness (QED) is 0.278. The molecule has 0 aliphatic carbocycles. The number of nitrogens with zero attached hydrogens (tertiary/aromatic N) is 1. The van der Waals surface area contributed by atoms with E-state index in [1.54, 1.807) is 0 Å². The lowest BCUT2D eigenvalue weighted by Gasteiger charge is -2.12. The number of carbonyl (C=O) groups excluding carboxylic acids is 4. The van der Waals surface area contributed by atoms with Crippen LogP contribution >= 0.6 is 0 Å². The van der Waals surface area contributed by atoms with E-state index in [9.17, 15) is 19.2 Å². The molecule has 0 aromatic rings. The first kappa shape index (κ1) is 29.3. The van der Waals surface area contributed by atoms with Gasteiger partial charge in [0.05, 0.1) is 26.1 Å². The fraction of sp³-hybridized carbons (Fsp3) is 0.600. The Morgan fingerprint density at radius 3 is 1.93 bits per heavy atom. The van der Waals surface area contributed by atoms with E-state index in [1.807, 2.05) is 13.8 Å². The molecular weight excluding hydrogens is 394 g/mol. The summed E-state index contributed by atoms with van der Waals surface area (Å²) in [6.45, 7) is 6.07. The highest BCUT2D eigenvalue weighted by Gasteiger charge is 2.32. The summed E-state index contributed by atoms with van der Waals surface area (Å²) in [6.07, 6.45) is 10.3. The molecule has 1 aliphatic heterocycles. The minimum atomic E-state index is -0.694. The largest absolute Gasteiger partial charge is 0.368 e. The van der Waals surface area contributed by atoms with Gasteiger partial charge in [0.2, 0.25) is 5.91 Å². The van der Waals surface area contributed by atoms with Crippen LogP contribution in [0.4, 0.5) is 0 Å². The average Bonchev–Trinajstić information content (AvgIpc) is 3.02. The first-order chi connectivity index (χ1) is 14.4. The van der Waals surface area contributed by atoms with Crippen molar-refractivity contribution in [1.82, 2.24) is 10.4 Å². The third kappa shape index (κ3) is 17.2. The molecule has 3 N–H and O–H groups in total. The van der Waals surface area contributed by atoms with Crippen molar-refractivity contribution in [2.75, 3.05) is 39.5 Å². The highest BCUT2D eigenvalue weighted by molar-refractivity contribution is 6.01. The zero-order valence-corrected chi connectivity index (χ0v) is 17.6.